The van der Waals surface area contributed by atoms with Crippen molar-refractivity contribution in [2.75, 3.05) is 6.61 Å². The predicted molar refractivity (Wildman–Crippen MR) is 83.1 cm³/mol. The van der Waals surface area contributed by atoms with E-state index in [1.807, 2.05) is 6.08 Å². The molecule has 4 aliphatic carbocycles. The Balaban J connectivity index is 1.73. The van der Waals surface area contributed by atoms with E-state index in [1.165, 1.54) is 5.57 Å². The fourth-order valence-electron chi connectivity index (χ4n) is 6.43. The molecule has 0 aromatic rings. The largest absolute Gasteiger partial charge is 0.395 e. The molecule has 3 heteroatoms. The van der Waals surface area contributed by atoms with Crippen molar-refractivity contribution in [3.8, 4) is 0 Å². The first-order chi connectivity index (χ1) is 10.5. The average Bonchev–Trinajstić information content (AvgIpc) is 2.82. The molecule has 3 fully saturated rings. The zero-order valence-corrected chi connectivity index (χ0v) is 13.4. The van der Waals surface area contributed by atoms with Crippen LogP contribution in [0, 0.1) is 28.6 Å². The van der Waals surface area contributed by atoms with Crippen molar-refractivity contribution in [2.45, 2.75) is 58.3 Å². The number of rotatable bonds is 1. The number of aliphatic hydroxyl groups excluding tert-OH is 1. The van der Waals surface area contributed by atoms with Crippen molar-refractivity contribution in [2.24, 2.45) is 28.6 Å². The van der Waals surface area contributed by atoms with Crippen LogP contribution in [0.3, 0.4) is 0 Å². The Bertz CT molecular complexity index is 563. The third-order valence-electron chi connectivity index (χ3n) is 7.68. The van der Waals surface area contributed by atoms with Gasteiger partial charge in [-0.2, -0.15) is 0 Å². The number of hydrogen-bond donors (Lipinski definition) is 1. The molecule has 0 bridgehead atoms. The normalized spacial score (nSPS) is 47.5. The summed E-state index contributed by atoms with van der Waals surface area (Å²) in [6, 6.07) is 0. The number of aliphatic hydroxyl groups is 1. The molecule has 22 heavy (non-hydrogen) atoms. The van der Waals surface area contributed by atoms with Gasteiger partial charge in [0.05, 0.1) is 6.61 Å². The van der Waals surface area contributed by atoms with E-state index in [4.69, 9.17) is 0 Å². The smallest absolute Gasteiger partial charge is 0.155 e. The summed E-state index contributed by atoms with van der Waals surface area (Å²) >= 11 is 0. The highest BCUT2D eigenvalue weighted by molar-refractivity contribution is 5.91. The van der Waals surface area contributed by atoms with Gasteiger partial charge in [0.15, 0.2) is 5.78 Å². The molecule has 1 N–H and O–H groups in total. The van der Waals surface area contributed by atoms with Crippen LogP contribution in [0.15, 0.2) is 11.6 Å². The van der Waals surface area contributed by atoms with Crippen molar-refractivity contribution in [1.82, 2.24) is 0 Å². The quantitative estimate of drug-likeness (QED) is 0.810. The van der Waals surface area contributed by atoms with Crippen LogP contribution in [0.25, 0.3) is 0 Å². The summed E-state index contributed by atoms with van der Waals surface area (Å²) in [5.41, 5.74) is 0.938. The number of carbonyl (C=O) groups is 2. The van der Waals surface area contributed by atoms with E-state index in [0.29, 0.717) is 30.0 Å². The minimum Gasteiger partial charge on any atom is -0.395 e. The molecule has 120 valence electrons. The minimum atomic E-state index is -0.163. The molecular formula is C19H26O3. The van der Waals surface area contributed by atoms with Crippen LogP contribution in [0.5, 0.6) is 0 Å². The van der Waals surface area contributed by atoms with Crippen molar-refractivity contribution < 1.29 is 14.7 Å². The maximum atomic E-state index is 12.4. The van der Waals surface area contributed by atoms with E-state index in [1.54, 1.807) is 0 Å². The summed E-state index contributed by atoms with van der Waals surface area (Å²) in [6.07, 6.45) is 9.06. The van der Waals surface area contributed by atoms with Crippen molar-refractivity contribution in [1.29, 1.82) is 0 Å². The molecule has 0 aliphatic heterocycles. The summed E-state index contributed by atoms with van der Waals surface area (Å²) < 4.78 is 0. The highest BCUT2D eigenvalue weighted by atomic mass is 16.3. The molecule has 0 aromatic carbocycles. The first kappa shape index (κ1) is 14.6. The second-order valence-electron chi connectivity index (χ2n) is 8.28. The van der Waals surface area contributed by atoms with Gasteiger partial charge in [-0.15, -0.1) is 0 Å². The Kier molecular flexibility index (Phi) is 3.17. The van der Waals surface area contributed by atoms with Gasteiger partial charge < -0.3 is 5.11 Å². The van der Waals surface area contributed by atoms with Gasteiger partial charge in [-0.1, -0.05) is 12.5 Å². The van der Waals surface area contributed by atoms with Crippen LogP contribution in [0.4, 0.5) is 0 Å². The standard InChI is InChI=1S/C19H26O3/c1-18-8-7-16-14(15(18)4-5-17(18)22)3-2-12-10-13(21)6-9-19(12,16)11-20/h10,14-16,20H,2-9,11H2,1H3/t14-,15-,16-,18+,19+/m1/s1. The summed E-state index contributed by atoms with van der Waals surface area (Å²) in [5.74, 6) is 2.22. The highest BCUT2D eigenvalue weighted by Gasteiger charge is 2.59. The predicted octanol–water partition coefficient (Wildman–Crippen LogP) is 3.06. The second-order valence-corrected chi connectivity index (χ2v) is 8.28. The molecule has 4 aliphatic rings. The Hall–Kier alpha value is -0.960. The van der Waals surface area contributed by atoms with E-state index in [-0.39, 0.29) is 23.2 Å². The molecule has 0 spiro atoms. The zero-order chi connectivity index (χ0) is 15.5. The number of fused-ring (bicyclic) bond motifs is 5. The lowest BCUT2D eigenvalue weighted by Gasteiger charge is -2.57. The number of hydrogen-bond acceptors (Lipinski definition) is 3. The third kappa shape index (κ3) is 1.72. The van der Waals surface area contributed by atoms with Gasteiger partial charge in [-0.3, -0.25) is 9.59 Å². The van der Waals surface area contributed by atoms with E-state index < -0.39 is 0 Å². The van der Waals surface area contributed by atoms with Crippen LogP contribution in [-0.4, -0.2) is 23.3 Å². The van der Waals surface area contributed by atoms with Crippen molar-refractivity contribution in [3.63, 3.8) is 0 Å². The molecule has 0 radical (unpaired) electrons. The molecule has 0 saturated heterocycles. The molecule has 0 heterocycles. The summed E-state index contributed by atoms with van der Waals surface area (Å²) in [6.45, 7) is 2.36. The van der Waals surface area contributed by atoms with Gasteiger partial charge in [-0.05, 0) is 62.4 Å². The Morgan fingerprint density at radius 2 is 1.91 bits per heavy atom. The van der Waals surface area contributed by atoms with Crippen LogP contribution in [0.1, 0.15) is 58.3 Å². The fraction of sp³-hybridized carbons (Fsp3) is 0.789. The van der Waals surface area contributed by atoms with Gasteiger partial charge in [-0.25, -0.2) is 0 Å². The zero-order valence-electron chi connectivity index (χ0n) is 13.4. The van der Waals surface area contributed by atoms with Crippen LogP contribution in [0.2, 0.25) is 0 Å². The molecule has 5 atom stereocenters. The molecule has 0 aromatic heterocycles. The summed E-state index contributed by atoms with van der Waals surface area (Å²) in [4.78, 5) is 24.2. The SMILES string of the molecule is C[C@]12CC[C@@H]3[C@H](CCC4=CC(=O)CC[C@]43CO)[C@H]1CCC2=O. The van der Waals surface area contributed by atoms with E-state index in [9.17, 15) is 14.7 Å². The molecule has 0 unspecified atom stereocenters. The highest BCUT2D eigenvalue weighted by Crippen LogP contribution is 2.64. The topological polar surface area (TPSA) is 54.4 Å². The maximum Gasteiger partial charge on any atom is 0.155 e. The van der Waals surface area contributed by atoms with Gasteiger partial charge in [0.25, 0.3) is 0 Å². The maximum absolute atomic E-state index is 12.4. The first-order valence-corrected chi connectivity index (χ1v) is 8.89. The van der Waals surface area contributed by atoms with Crippen molar-refractivity contribution in [3.05, 3.63) is 11.6 Å². The van der Waals surface area contributed by atoms with Crippen LogP contribution < -0.4 is 0 Å². The van der Waals surface area contributed by atoms with E-state index in [0.717, 1.165) is 44.9 Å². The molecule has 0 amide bonds. The van der Waals surface area contributed by atoms with Crippen LogP contribution >= 0.6 is 0 Å². The Morgan fingerprint density at radius 3 is 2.68 bits per heavy atom. The summed E-state index contributed by atoms with van der Waals surface area (Å²) in [5, 5.41) is 10.2. The third-order valence-corrected chi connectivity index (χ3v) is 7.68. The van der Waals surface area contributed by atoms with Crippen LogP contribution in [-0.2, 0) is 9.59 Å². The molecule has 3 nitrogen and oxygen atoms in total. The Morgan fingerprint density at radius 1 is 1.09 bits per heavy atom. The molecular weight excluding hydrogens is 276 g/mol. The van der Waals surface area contributed by atoms with E-state index in [2.05, 4.69) is 6.92 Å². The fourth-order valence-corrected chi connectivity index (χ4v) is 6.43. The number of carbonyl (C=O) groups excluding carboxylic acids is 2. The first-order valence-electron chi connectivity index (χ1n) is 8.89. The number of ketones is 2. The van der Waals surface area contributed by atoms with Gasteiger partial charge in [0.1, 0.15) is 5.78 Å². The van der Waals surface area contributed by atoms with E-state index >= 15 is 0 Å². The van der Waals surface area contributed by atoms with Gasteiger partial charge in [0, 0.05) is 23.7 Å². The lowest BCUT2D eigenvalue weighted by molar-refractivity contribution is -0.134. The monoisotopic (exact) mass is 302 g/mol. The molecule has 3 saturated carbocycles. The number of Topliss-reactive ketones (excluding diaryl/α,β-unsaturated/α-hetero) is 1. The summed E-state index contributed by atoms with van der Waals surface area (Å²) in [7, 11) is 0. The minimum absolute atomic E-state index is 0.108. The van der Waals surface area contributed by atoms with Gasteiger partial charge in [0.2, 0.25) is 0 Å². The average molecular weight is 302 g/mol. The second kappa shape index (κ2) is 4.77. The lowest BCUT2D eigenvalue weighted by atomic mass is 9.47. The molecule has 4 rings (SSSR count). The van der Waals surface area contributed by atoms with Gasteiger partial charge >= 0.3 is 0 Å². The Labute approximate surface area is 132 Å². The van der Waals surface area contributed by atoms with Crippen molar-refractivity contribution >= 4 is 11.6 Å². The lowest BCUT2D eigenvalue weighted by Crippen LogP contribution is -2.53.